The van der Waals surface area contributed by atoms with Crippen molar-refractivity contribution in [2.75, 3.05) is 26.2 Å². The highest BCUT2D eigenvalue weighted by atomic mass is 35.5. The van der Waals surface area contributed by atoms with Crippen LogP contribution in [0, 0.1) is 0 Å². The van der Waals surface area contributed by atoms with Gasteiger partial charge >= 0.3 is 0 Å². The molecule has 0 aliphatic carbocycles. The molecular weight excluding hydrogens is 378 g/mol. The van der Waals surface area contributed by atoms with Crippen LogP contribution in [-0.4, -0.2) is 64.1 Å². The summed E-state index contributed by atoms with van der Waals surface area (Å²) in [7, 11) is 0. The normalized spacial score (nSPS) is 24.3. The number of hydrogen-bond donors (Lipinski definition) is 1. The Bertz CT molecular complexity index is 763. The van der Waals surface area contributed by atoms with Gasteiger partial charge in [-0.05, 0) is 25.0 Å². The zero-order chi connectivity index (χ0) is 17.4. The van der Waals surface area contributed by atoms with Crippen LogP contribution < -0.4 is 0 Å². The zero-order valence-electron chi connectivity index (χ0n) is 13.7. The summed E-state index contributed by atoms with van der Waals surface area (Å²) >= 11 is 9.04. The lowest BCUT2D eigenvalue weighted by atomic mass is 10.2. The Kier molecular flexibility index (Phi) is 5.11. The van der Waals surface area contributed by atoms with E-state index in [9.17, 15) is 9.90 Å². The molecule has 2 fully saturated rings. The van der Waals surface area contributed by atoms with Crippen molar-refractivity contribution in [3.63, 3.8) is 0 Å². The molecule has 1 amide bonds. The molecule has 2 aromatic heterocycles. The minimum absolute atomic E-state index is 0.142. The van der Waals surface area contributed by atoms with Crippen molar-refractivity contribution < 1.29 is 9.90 Å². The number of aromatic nitrogens is 1. The molecule has 8 heteroatoms. The number of amides is 1. The van der Waals surface area contributed by atoms with Crippen LogP contribution in [0.5, 0.6) is 0 Å². The van der Waals surface area contributed by atoms with Gasteiger partial charge in [0.25, 0.3) is 0 Å². The number of β-amino-alcohol motifs (C(OH)–C–C–N with tert-alkyl or cyclic N) is 1. The number of halogens is 1. The van der Waals surface area contributed by atoms with E-state index in [1.165, 1.54) is 11.3 Å². The average Bonchev–Trinajstić information content (AvgIpc) is 3.32. The van der Waals surface area contributed by atoms with E-state index in [0.717, 1.165) is 58.9 Å². The minimum atomic E-state index is -0.205. The molecule has 134 valence electrons. The summed E-state index contributed by atoms with van der Waals surface area (Å²) in [6.45, 7) is 3.24. The van der Waals surface area contributed by atoms with Gasteiger partial charge in [0.1, 0.15) is 5.01 Å². The predicted molar refractivity (Wildman–Crippen MR) is 101 cm³/mol. The number of rotatable bonds is 4. The number of thiophene rings is 1. The Balaban J connectivity index is 1.34. The zero-order valence-corrected chi connectivity index (χ0v) is 16.1. The van der Waals surface area contributed by atoms with Crippen LogP contribution in [0.15, 0.2) is 17.5 Å². The summed E-state index contributed by atoms with van der Waals surface area (Å²) in [6, 6.07) is 4.22. The number of thiazole rings is 1. The highest BCUT2D eigenvalue weighted by Crippen LogP contribution is 2.33. The Morgan fingerprint density at radius 1 is 1.32 bits per heavy atom. The van der Waals surface area contributed by atoms with Crippen molar-refractivity contribution in [3.8, 4) is 9.88 Å². The van der Waals surface area contributed by atoms with E-state index in [0.29, 0.717) is 12.5 Å². The van der Waals surface area contributed by atoms with E-state index in [1.807, 2.05) is 22.4 Å². The smallest absolute Gasteiger partial charge is 0.228 e. The quantitative estimate of drug-likeness (QED) is 0.861. The van der Waals surface area contributed by atoms with Crippen LogP contribution in [-0.2, 0) is 11.2 Å². The average molecular weight is 398 g/mol. The van der Waals surface area contributed by atoms with Crippen LogP contribution in [0.25, 0.3) is 9.88 Å². The van der Waals surface area contributed by atoms with Crippen LogP contribution in [0.3, 0.4) is 0 Å². The lowest BCUT2D eigenvalue weighted by Crippen LogP contribution is -2.38. The van der Waals surface area contributed by atoms with Crippen molar-refractivity contribution in [3.05, 3.63) is 27.5 Å². The minimum Gasteiger partial charge on any atom is -0.392 e. The number of aliphatic hydroxyl groups is 1. The largest absolute Gasteiger partial charge is 0.392 e. The first-order valence-electron chi connectivity index (χ1n) is 8.48. The molecule has 0 aromatic carbocycles. The third-order valence-electron chi connectivity index (χ3n) is 4.90. The molecule has 2 aromatic rings. The SMILES string of the molecule is O=C(Cc1csc(-c2ccc(Cl)s2)n1)N1CCC(N2CCC(O)C2)C1. The summed E-state index contributed by atoms with van der Waals surface area (Å²) < 4.78 is 0.748. The highest BCUT2D eigenvalue weighted by Gasteiger charge is 2.33. The maximum absolute atomic E-state index is 12.6. The number of carbonyl (C=O) groups excluding carboxylic acids is 1. The Hall–Kier alpha value is -0.990. The van der Waals surface area contributed by atoms with Gasteiger partial charge in [-0.2, -0.15) is 0 Å². The molecule has 2 aliphatic rings. The molecule has 2 atom stereocenters. The van der Waals surface area contributed by atoms with Gasteiger partial charge in [0.15, 0.2) is 0 Å². The van der Waals surface area contributed by atoms with Crippen LogP contribution in [0.2, 0.25) is 4.34 Å². The summed E-state index contributed by atoms with van der Waals surface area (Å²) in [6.07, 6.45) is 1.99. The fraction of sp³-hybridized carbons (Fsp3) is 0.529. The molecule has 4 heterocycles. The fourth-order valence-electron chi connectivity index (χ4n) is 3.56. The third-order valence-corrected chi connectivity index (χ3v) is 7.19. The van der Waals surface area contributed by atoms with Crippen LogP contribution in [0.1, 0.15) is 18.5 Å². The third kappa shape index (κ3) is 3.90. The monoisotopic (exact) mass is 397 g/mol. The first-order chi connectivity index (χ1) is 12.1. The summed E-state index contributed by atoms with van der Waals surface area (Å²) in [5, 5.41) is 12.6. The van der Waals surface area contributed by atoms with E-state index in [4.69, 9.17) is 11.6 Å². The number of nitrogens with zero attached hydrogens (tertiary/aromatic N) is 3. The maximum atomic E-state index is 12.6. The molecule has 0 spiro atoms. The molecule has 2 unspecified atom stereocenters. The summed E-state index contributed by atoms with van der Waals surface area (Å²) in [4.78, 5) is 22.5. The van der Waals surface area contributed by atoms with E-state index >= 15 is 0 Å². The Labute approximate surface area is 159 Å². The van der Waals surface area contributed by atoms with Crippen molar-refractivity contribution in [2.45, 2.75) is 31.4 Å². The van der Waals surface area contributed by atoms with Gasteiger partial charge < -0.3 is 10.0 Å². The van der Waals surface area contributed by atoms with Crippen LogP contribution >= 0.6 is 34.3 Å². The van der Waals surface area contributed by atoms with Crippen molar-refractivity contribution in [1.29, 1.82) is 0 Å². The number of aliphatic hydroxyl groups excluding tert-OH is 1. The van der Waals surface area contributed by atoms with Crippen molar-refractivity contribution in [1.82, 2.24) is 14.8 Å². The Morgan fingerprint density at radius 2 is 2.20 bits per heavy atom. The summed E-state index contributed by atoms with van der Waals surface area (Å²) in [5.41, 5.74) is 0.828. The lowest BCUT2D eigenvalue weighted by Gasteiger charge is -2.23. The molecule has 2 aliphatic heterocycles. The van der Waals surface area contributed by atoms with Crippen molar-refractivity contribution in [2.24, 2.45) is 0 Å². The summed E-state index contributed by atoms with van der Waals surface area (Å²) in [5.74, 6) is 0.142. The van der Waals surface area contributed by atoms with Gasteiger partial charge in [-0.1, -0.05) is 11.6 Å². The highest BCUT2D eigenvalue weighted by molar-refractivity contribution is 7.23. The second-order valence-electron chi connectivity index (χ2n) is 6.64. The molecule has 25 heavy (non-hydrogen) atoms. The van der Waals surface area contributed by atoms with Gasteiger partial charge in [0.2, 0.25) is 5.91 Å². The Morgan fingerprint density at radius 3 is 2.92 bits per heavy atom. The van der Waals surface area contributed by atoms with E-state index in [1.54, 1.807) is 11.3 Å². The molecular formula is C17H20ClN3O2S2. The topological polar surface area (TPSA) is 56.7 Å². The number of likely N-dealkylation sites (tertiary alicyclic amines) is 2. The fourth-order valence-corrected chi connectivity index (χ4v) is 5.50. The van der Waals surface area contributed by atoms with Crippen molar-refractivity contribution >= 4 is 40.2 Å². The van der Waals surface area contributed by atoms with E-state index in [-0.39, 0.29) is 12.0 Å². The molecule has 1 N–H and O–H groups in total. The van der Waals surface area contributed by atoms with Gasteiger partial charge in [-0.3, -0.25) is 9.69 Å². The molecule has 2 saturated heterocycles. The van der Waals surface area contributed by atoms with E-state index < -0.39 is 0 Å². The molecule has 0 saturated carbocycles. The first kappa shape index (κ1) is 17.4. The van der Waals surface area contributed by atoms with Gasteiger partial charge in [-0.15, -0.1) is 22.7 Å². The molecule has 0 bridgehead atoms. The second kappa shape index (κ2) is 7.32. The molecule has 4 rings (SSSR count). The first-order valence-corrected chi connectivity index (χ1v) is 10.6. The maximum Gasteiger partial charge on any atom is 0.228 e. The molecule has 0 radical (unpaired) electrons. The number of hydrogen-bond acceptors (Lipinski definition) is 6. The van der Waals surface area contributed by atoms with Gasteiger partial charge in [0.05, 0.1) is 27.4 Å². The number of carbonyl (C=O) groups is 1. The van der Waals surface area contributed by atoms with Gasteiger partial charge in [0, 0.05) is 37.6 Å². The second-order valence-corrected chi connectivity index (χ2v) is 9.22. The lowest BCUT2D eigenvalue weighted by molar-refractivity contribution is -0.129. The van der Waals surface area contributed by atoms with E-state index in [2.05, 4.69) is 9.88 Å². The molecule has 5 nitrogen and oxygen atoms in total. The predicted octanol–water partition coefficient (Wildman–Crippen LogP) is 2.74. The van der Waals surface area contributed by atoms with Gasteiger partial charge in [-0.25, -0.2) is 4.98 Å². The van der Waals surface area contributed by atoms with Crippen LogP contribution in [0.4, 0.5) is 0 Å². The standard InChI is InChI=1S/C17H20ClN3O2S2/c18-15-2-1-14(25-15)17-19-11(10-24-17)7-16(23)21-5-3-12(8-21)20-6-4-13(22)9-20/h1-2,10,12-13,22H,3-9H2.